The summed E-state index contributed by atoms with van der Waals surface area (Å²) < 4.78 is 10.6. The van der Waals surface area contributed by atoms with E-state index >= 15 is 0 Å². The van der Waals surface area contributed by atoms with Gasteiger partial charge in [0.1, 0.15) is 0 Å². The molecule has 0 heterocycles. The molecule has 1 saturated carbocycles. The molecule has 0 amide bonds. The van der Waals surface area contributed by atoms with Crippen LogP contribution in [0.5, 0.6) is 0 Å². The maximum absolute atomic E-state index is 11.4. The van der Waals surface area contributed by atoms with E-state index in [1.54, 1.807) is 0 Å². The molecule has 1 aliphatic carbocycles. The minimum Gasteiger partial charge on any atom is -0.466 e. The Balaban J connectivity index is 1.48. The average molecular weight is 277 g/mol. The van der Waals surface area contributed by atoms with Crippen molar-refractivity contribution >= 4 is 5.97 Å². The molecule has 0 atom stereocenters. The first-order valence-electron chi connectivity index (χ1n) is 7.28. The van der Waals surface area contributed by atoms with Crippen LogP contribution in [-0.4, -0.2) is 25.9 Å². The minimum atomic E-state index is -0.0379. The lowest BCUT2D eigenvalue weighted by atomic mass is 9.75. The third kappa shape index (κ3) is 4.62. The standard InChI is InChI=1S/C16H23NO3/c1-2-20-16(18)15-8-14(9-15)10-17-12-19-11-13-6-4-3-5-7-13/h3-7,14-15,17H,2,8-12H2,1H3/t14-,15-. The van der Waals surface area contributed by atoms with Crippen molar-refractivity contribution in [2.24, 2.45) is 11.8 Å². The Hall–Kier alpha value is -1.39. The molecule has 0 radical (unpaired) electrons. The molecule has 1 aromatic carbocycles. The van der Waals surface area contributed by atoms with Crippen molar-refractivity contribution in [3.05, 3.63) is 35.9 Å². The van der Waals surface area contributed by atoms with Gasteiger partial charge in [0.05, 0.1) is 25.9 Å². The smallest absolute Gasteiger partial charge is 0.308 e. The number of benzene rings is 1. The Morgan fingerprint density at radius 1 is 1.30 bits per heavy atom. The summed E-state index contributed by atoms with van der Waals surface area (Å²) in [6.45, 7) is 4.41. The second-order valence-electron chi connectivity index (χ2n) is 5.22. The van der Waals surface area contributed by atoms with E-state index in [2.05, 4.69) is 17.4 Å². The molecule has 20 heavy (non-hydrogen) atoms. The zero-order valence-electron chi connectivity index (χ0n) is 12.0. The van der Waals surface area contributed by atoms with Crippen LogP contribution in [0.25, 0.3) is 0 Å². The van der Waals surface area contributed by atoms with Crippen LogP contribution in [0.15, 0.2) is 30.3 Å². The van der Waals surface area contributed by atoms with Crippen molar-refractivity contribution < 1.29 is 14.3 Å². The van der Waals surface area contributed by atoms with E-state index in [1.165, 1.54) is 5.56 Å². The maximum atomic E-state index is 11.4. The first kappa shape index (κ1) is 15.0. The summed E-state index contributed by atoms with van der Waals surface area (Å²) in [6, 6.07) is 10.1. The predicted octanol–water partition coefficient (Wildman–Crippen LogP) is 2.34. The summed E-state index contributed by atoms with van der Waals surface area (Å²) >= 11 is 0. The molecule has 0 saturated heterocycles. The number of carbonyl (C=O) groups is 1. The van der Waals surface area contributed by atoms with E-state index in [1.807, 2.05) is 25.1 Å². The molecule has 0 bridgehead atoms. The van der Waals surface area contributed by atoms with Gasteiger partial charge in [0.25, 0.3) is 0 Å². The monoisotopic (exact) mass is 277 g/mol. The van der Waals surface area contributed by atoms with Gasteiger partial charge in [-0.25, -0.2) is 0 Å². The molecule has 0 spiro atoms. The van der Waals surface area contributed by atoms with Crippen molar-refractivity contribution in [1.29, 1.82) is 0 Å². The van der Waals surface area contributed by atoms with Crippen LogP contribution in [0.1, 0.15) is 25.3 Å². The first-order valence-corrected chi connectivity index (χ1v) is 7.28. The van der Waals surface area contributed by atoms with E-state index in [-0.39, 0.29) is 11.9 Å². The molecule has 1 aliphatic rings. The van der Waals surface area contributed by atoms with Crippen LogP contribution in [0.4, 0.5) is 0 Å². The number of hydrogen-bond acceptors (Lipinski definition) is 4. The number of ether oxygens (including phenoxy) is 2. The lowest BCUT2D eigenvalue weighted by Gasteiger charge is -2.33. The van der Waals surface area contributed by atoms with Gasteiger partial charge in [-0.3, -0.25) is 10.1 Å². The van der Waals surface area contributed by atoms with Crippen LogP contribution in [0, 0.1) is 11.8 Å². The zero-order valence-corrected chi connectivity index (χ0v) is 12.0. The van der Waals surface area contributed by atoms with Crippen molar-refractivity contribution in [1.82, 2.24) is 5.32 Å². The van der Waals surface area contributed by atoms with Crippen molar-refractivity contribution in [2.45, 2.75) is 26.4 Å². The highest BCUT2D eigenvalue weighted by atomic mass is 16.5. The second-order valence-corrected chi connectivity index (χ2v) is 5.22. The van der Waals surface area contributed by atoms with E-state index < -0.39 is 0 Å². The maximum Gasteiger partial charge on any atom is 0.308 e. The molecule has 0 aromatic heterocycles. The van der Waals surface area contributed by atoms with E-state index in [0.29, 0.717) is 25.9 Å². The van der Waals surface area contributed by atoms with E-state index in [0.717, 1.165) is 19.4 Å². The van der Waals surface area contributed by atoms with Gasteiger partial charge in [-0.2, -0.15) is 0 Å². The first-order chi connectivity index (χ1) is 9.79. The normalized spacial score (nSPS) is 21.2. The summed E-state index contributed by atoms with van der Waals surface area (Å²) in [6.07, 6.45) is 1.87. The topological polar surface area (TPSA) is 47.6 Å². The summed E-state index contributed by atoms with van der Waals surface area (Å²) in [5, 5.41) is 3.27. The average Bonchev–Trinajstić information content (AvgIpc) is 2.41. The molecule has 1 fully saturated rings. The summed E-state index contributed by atoms with van der Waals surface area (Å²) in [5.74, 6) is 0.654. The van der Waals surface area contributed by atoms with Crippen LogP contribution < -0.4 is 5.32 Å². The highest BCUT2D eigenvalue weighted by molar-refractivity contribution is 5.73. The number of nitrogens with one attached hydrogen (secondary N) is 1. The third-order valence-electron chi connectivity index (χ3n) is 3.60. The molecule has 4 heteroatoms. The van der Waals surface area contributed by atoms with Gasteiger partial charge in [0.15, 0.2) is 0 Å². The van der Waals surface area contributed by atoms with Crippen molar-refractivity contribution in [3.8, 4) is 0 Å². The quantitative estimate of drug-likeness (QED) is 0.450. The van der Waals surface area contributed by atoms with Crippen molar-refractivity contribution in [2.75, 3.05) is 19.9 Å². The summed E-state index contributed by atoms with van der Waals surface area (Å²) in [7, 11) is 0. The highest BCUT2D eigenvalue weighted by Crippen LogP contribution is 2.33. The number of hydrogen-bond donors (Lipinski definition) is 1. The Morgan fingerprint density at radius 2 is 2.05 bits per heavy atom. The Kier molecular flexibility index (Phi) is 6.02. The van der Waals surface area contributed by atoms with Crippen LogP contribution in [0.3, 0.4) is 0 Å². The lowest BCUT2D eigenvalue weighted by molar-refractivity contribution is -0.152. The Bertz CT molecular complexity index is 401. The Labute approximate surface area is 120 Å². The van der Waals surface area contributed by atoms with Gasteiger partial charge in [-0.1, -0.05) is 30.3 Å². The van der Waals surface area contributed by atoms with Gasteiger partial charge < -0.3 is 9.47 Å². The number of esters is 1. The molecule has 0 unspecified atom stereocenters. The van der Waals surface area contributed by atoms with Crippen LogP contribution in [0.2, 0.25) is 0 Å². The highest BCUT2D eigenvalue weighted by Gasteiger charge is 2.34. The lowest BCUT2D eigenvalue weighted by Crippen LogP contribution is -2.38. The summed E-state index contributed by atoms with van der Waals surface area (Å²) in [5.41, 5.74) is 1.18. The van der Waals surface area contributed by atoms with Gasteiger partial charge in [0, 0.05) is 6.54 Å². The van der Waals surface area contributed by atoms with Gasteiger partial charge >= 0.3 is 5.97 Å². The van der Waals surface area contributed by atoms with E-state index in [9.17, 15) is 4.79 Å². The molecular weight excluding hydrogens is 254 g/mol. The SMILES string of the molecule is CCOC(=O)[C@H]1C[C@H](CNCOCc2ccccc2)C1. The van der Waals surface area contributed by atoms with Gasteiger partial charge in [-0.05, 0) is 31.2 Å². The fraction of sp³-hybridized carbons (Fsp3) is 0.562. The fourth-order valence-corrected chi connectivity index (χ4v) is 2.43. The largest absolute Gasteiger partial charge is 0.466 e. The van der Waals surface area contributed by atoms with Crippen LogP contribution in [-0.2, 0) is 20.9 Å². The summed E-state index contributed by atoms with van der Waals surface area (Å²) in [4.78, 5) is 11.4. The molecule has 0 aliphatic heterocycles. The molecule has 2 rings (SSSR count). The minimum absolute atomic E-state index is 0.0379. The van der Waals surface area contributed by atoms with Gasteiger partial charge in [0.2, 0.25) is 0 Å². The van der Waals surface area contributed by atoms with Crippen LogP contribution >= 0.6 is 0 Å². The molecule has 1 N–H and O–H groups in total. The van der Waals surface area contributed by atoms with Gasteiger partial charge in [-0.15, -0.1) is 0 Å². The zero-order chi connectivity index (χ0) is 14.2. The number of rotatable bonds is 8. The van der Waals surface area contributed by atoms with E-state index in [4.69, 9.17) is 9.47 Å². The molecule has 110 valence electrons. The fourth-order valence-electron chi connectivity index (χ4n) is 2.43. The predicted molar refractivity (Wildman–Crippen MR) is 76.9 cm³/mol. The molecular formula is C16H23NO3. The number of carbonyl (C=O) groups excluding carboxylic acids is 1. The molecule has 1 aromatic rings. The van der Waals surface area contributed by atoms with Crippen molar-refractivity contribution in [3.63, 3.8) is 0 Å². The molecule has 4 nitrogen and oxygen atoms in total. The third-order valence-corrected chi connectivity index (χ3v) is 3.60. The second kappa shape index (κ2) is 8.02. The Morgan fingerprint density at radius 3 is 2.75 bits per heavy atom.